The first-order valence-corrected chi connectivity index (χ1v) is 5.45. The van der Waals surface area contributed by atoms with Gasteiger partial charge in [-0.15, -0.1) is 0 Å². The van der Waals surface area contributed by atoms with Gasteiger partial charge in [-0.25, -0.2) is 4.39 Å². The zero-order valence-corrected chi connectivity index (χ0v) is 9.80. The summed E-state index contributed by atoms with van der Waals surface area (Å²) < 4.78 is 49.2. The molecular formula is C12H13F4NO. The minimum absolute atomic E-state index is 0.0547. The van der Waals surface area contributed by atoms with Crippen molar-refractivity contribution in [3.05, 3.63) is 35.6 Å². The lowest BCUT2D eigenvalue weighted by Crippen LogP contribution is -2.34. The number of nitrogens with zero attached hydrogens (tertiary/aromatic N) is 1. The van der Waals surface area contributed by atoms with Crippen LogP contribution in [0.25, 0.3) is 0 Å². The maximum atomic E-state index is 12.9. The van der Waals surface area contributed by atoms with Crippen molar-refractivity contribution in [2.45, 2.75) is 19.5 Å². The van der Waals surface area contributed by atoms with Crippen LogP contribution >= 0.6 is 0 Å². The summed E-state index contributed by atoms with van der Waals surface area (Å²) in [5, 5.41) is 0. The lowest BCUT2D eigenvalue weighted by molar-refractivity contribution is -0.136. The number of hydrogen-bond donors (Lipinski definition) is 0. The third-order valence-electron chi connectivity index (χ3n) is 2.41. The molecule has 0 aliphatic heterocycles. The molecule has 0 atom stereocenters. The van der Waals surface area contributed by atoms with E-state index >= 15 is 0 Å². The fourth-order valence-electron chi connectivity index (χ4n) is 1.47. The van der Waals surface area contributed by atoms with Crippen LogP contribution in [0.1, 0.15) is 23.7 Å². The van der Waals surface area contributed by atoms with Gasteiger partial charge in [-0.05, 0) is 25.1 Å². The summed E-state index contributed by atoms with van der Waals surface area (Å²) in [6, 6.07) is 4.91. The molecule has 0 spiro atoms. The lowest BCUT2D eigenvalue weighted by Gasteiger charge is -2.21. The Morgan fingerprint density at radius 2 is 2.00 bits per heavy atom. The van der Waals surface area contributed by atoms with Crippen LogP contribution in [0.2, 0.25) is 0 Å². The minimum Gasteiger partial charge on any atom is -0.339 e. The van der Waals surface area contributed by atoms with Gasteiger partial charge in [0.15, 0.2) is 0 Å². The minimum atomic E-state index is -4.31. The van der Waals surface area contributed by atoms with E-state index in [-0.39, 0.29) is 12.1 Å². The molecule has 0 bridgehead atoms. The number of carbonyl (C=O) groups is 1. The molecule has 1 amide bonds. The van der Waals surface area contributed by atoms with E-state index in [1.165, 1.54) is 18.2 Å². The van der Waals surface area contributed by atoms with Gasteiger partial charge in [-0.3, -0.25) is 4.79 Å². The second kappa shape index (κ2) is 5.84. The number of amides is 1. The van der Waals surface area contributed by atoms with Crippen molar-refractivity contribution in [1.82, 2.24) is 4.90 Å². The number of alkyl halides is 3. The standard InChI is InChI=1S/C12H13F4NO/c1-2-17(7-6-12(14,15)16)11(18)9-4-3-5-10(13)8-9/h3-5,8H,2,6-7H2,1H3. The smallest absolute Gasteiger partial charge is 0.339 e. The number of hydrogen-bond acceptors (Lipinski definition) is 1. The molecule has 100 valence electrons. The number of halogens is 4. The highest BCUT2D eigenvalue weighted by Gasteiger charge is 2.28. The molecule has 1 rings (SSSR count). The van der Waals surface area contributed by atoms with Crippen LogP contribution in [0.4, 0.5) is 17.6 Å². The molecule has 2 nitrogen and oxygen atoms in total. The van der Waals surface area contributed by atoms with E-state index in [0.29, 0.717) is 0 Å². The van der Waals surface area contributed by atoms with Gasteiger partial charge in [0.1, 0.15) is 5.82 Å². The fraction of sp³-hybridized carbons (Fsp3) is 0.417. The van der Waals surface area contributed by atoms with Crippen LogP contribution in [0.15, 0.2) is 24.3 Å². The predicted molar refractivity (Wildman–Crippen MR) is 58.6 cm³/mol. The molecule has 0 N–H and O–H groups in total. The molecule has 1 aromatic rings. The molecule has 0 heterocycles. The van der Waals surface area contributed by atoms with Crippen molar-refractivity contribution < 1.29 is 22.4 Å². The Morgan fingerprint density at radius 1 is 1.33 bits per heavy atom. The van der Waals surface area contributed by atoms with E-state index in [4.69, 9.17) is 0 Å². The van der Waals surface area contributed by atoms with Gasteiger partial charge in [0, 0.05) is 18.7 Å². The van der Waals surface area contributed by atoms with E-state index in [9.17, 15) is 22.4 Å². The summed E-state index contributed by atoms with van der Waals surface area (Å²) >= 11 is 0. The average molecular weight is 263 g/mol. The Morgan fingerprint density at radius 3 is 2.50 bits per heavy atom. The van der Waals surface area contributed by atoms with Gasteiger partial charge in [0.05, 0.1) is 6.42 Å². The van der Waals surface area contributed by atoms with Crippen LogP contribution < -0.4 is 0 Å². The average Bonchev–Trinajstić information content (AvgIpc) is 2.28. The molecule has 18 heavy (non-hydrogen) atoms. The van der Waals surface area contributed by atoms with Crippen LogP contribution in [0.3, 0.4) is 0 Å². The molecule has 0 aromatic heterocycles. The molecule has 0 aliphatic carbocycles. The number of benzene rings is 1. The number of rotatable bonds is 4. The summed E-state index contributed by atoms with van der Waals surface area (Å²) in [4.78, 5) is 12.9. The van der Waals surface area contributed by atoms with Crippen molar-refractivity contribution in [2.75, 3.05) is 13.1 Å². The topological polar surface area (TPSA) is 20.3 Å². The van der Waals surface area contributed by atoms with Crippen LogP contribution in [-0.4, -0.2) is 30.1 Å². The second-order valence-corrected chi connectivity index (χ2v) is 3.76. The largest absolute Gasteiger partial charge is 0.390 e. The van der Waals surface area contributed by atoms with Crippen molar-refractivity contribution in [3.63, 3.8) is 0 Å². The molecular weight excluding hydrogens is 250 g/mol. The second-order valence-electron chi connectivity index (χ2n) is 3.76. The fourth-order valence-corrected chi connectivity index (χ4v) is 1.47. The molecule has 0 aliphatic rings. The van der Waals surface area contributed by atoms with Crippen molar-refractivity contribution >= 4 is 5.91 Å². The van der Waals surface area contributed by atoms with Crippen molar-refractivity contribution in [2.24, 2.45) is 0 Å². The summed E-state index contributed by atoms with van der Waals surface area (Å²) in [6.07, 6.45) is -5.38. The highest BCUT2D eigenvalue weighted by Crippen LogP contribution is 2.20. The molecule has 0 radical (unpaired) electrons. The lowest BCUT2D eigenvalue weighted by atomic mass is 10.2. The number of carbonyl (C=O) groups excluding carboxylic acids is 1. The Bertz CT molecular complexity index is 417. The van der Waals surface area contributed by atoms with E-state index < -0.39 is 30.9 Å². The highest BCUT2D eigenvalue weighted by molar-refractivity contribution is 5.94. The molecule has 0 unspecified atom stereocenters. The van der Waals surface area contributed by atoms with Crippen LogP contribution in [0, 0.1) is 5.82 Å². The maximum Gasteiger partial charge on any atom is 0.390 e. The first-order valence-electron chi connectivity index (χ1n) is 5.45. The van der Waals surface area contributed by atoms with Crippen molar-refractivity contribution in [3.8, 4) is 0 Å². The molecule has 0 saturated carbocycles. The highest BCUT2D eigenvalue weighted by atomic mass is 19.4. The first-order chi connectivity index (χ1) is 8.33. The monoisotopic (exact) mass is 263 g/mol. The van der Waals surface area contributed by atoms with Gasteiger partial charge in [-0.2, -0.15) is 13.2 Å². The SMILES string of the molecule is CCN(CCC(F)(F)F)C(=O)c1cccc(F)c1. The predicted octanol–water partition coefficient (Wildman–Crippen LogP) is 3.24. The molecule has 0 saturated heterocycles. The normalized spacial score (nSPS) is 11.4. The van der Waals surface area contributed by atoms with E-state index in [0.717, 1.165) is 11.0 Å². The maximum absolute atomic E-state index is 12.9. The van der Waals surface area contributed by atoms with Crippen LogP contribution in [0.5, 0.6) is 0 Å². The van der Waals surface area contributed by atoms with Crippen LogP contribution in [-0.2, 0) is 0 Å². The Kier molecular flexibility index (Phi) is 4.69. The molecule has 1 aromatic carbocycles. The van der Waals surface area contributed by atoms with Gasteiger partial charge < -0.3 is 4.90 Å². The molecule has 6 heteroatoms. The Labute approximate surface area is 102 Å². The summed E-state index contributed by atoms with van der Waals surface area (Å²) in [6.45, 7) is 1.30. The van der Waals surface area contributed by atoms with E-state index in [2.05, 4.69) is 0 Å². The third-order valence-corrected chi connectivity index (χ3v) is 2.41. The van der Waals surface area contributed by atoms with Gasteiger partial charge in [0.25, 0.3) is 5.91 Å². The Hall–Kier alpha value is -1.59. The van der Waals surface area contributed by atoms with Gasteiger partial charge in [-0.1, -0.05) is 6.07 Å². The summed E-state index contributed by atoms with van der Waals surface area (Å²) in [5.41, 5.74) is 0.0547. The van der Waals surface area contributed by atoms with E-state index in [1.54, 1.807) is 6.92 Å². The third kappa shape index (κ3) is 4.35. The quantitative estimate of drug-likeness (QED) is 0.764. The van der Waals surface area contributed by atoms with Gasteiger partial charge >= 0.3 is 6.18 Å². The first kappa shape index (κ1) is 14.5. The molecule has 0 fully saturated rings. The Balaban J connectivity index is 2.74. The van der Waals surface area contributed by atoms with Gasteiger partial charge in [0.2, 0.25) is 0 Å². The zero-order chi connectivity index (χ0) is 13.8. The van der Waals surface area contributed by atoms with Crippen molar-refractivity contribution in [1.29, 1.82) is 0 Å². The van der Waals surface area contributed by atoms with E-state index in [1.807, 2.05) is 0 Å². The summed E-state index contributed by atoms with van der Waals surface area (Å²) in [7, 11) is 0. The zero-order valence-electron chi connectivity index (χ0n) is 9.80. The summed E-state index contributed by atoms with van der Waals surface area (Å²) in [5.74, 6) is -1.19.